The van der Waals surface area contributed by atoms with E-state index in [0.29, 0.717) is 24.0 Å². The summed E-state index contributed by atoms with van der Waals surface area (Å²) in [6.07, 6.45) is 6.28. The van der Waals surface area contributed by atoms with Crippen LogP contribution in [-0.2, 0) is 0 Å². The van der Waals surface area contributed by atoms with Crippen molar-refractivity contribution in [2.45, 2.75) is 25.8 Å². The zero-order valence-electron chi connectivity index (χ0n) is 10.5. The Morgan fingerprint density at radius 3 is 3.05 bits per heavy atom. The predicted molar refractivity (Wildman–Crippen MR) is 64.1 cm³/mol. The van der Waals surface area contributed by atoms with Crippen LogP contribution in [0, 0.1) is 6.92 Å². The third-order valence-electron chi connectivity index (χ3n) is 3.14. The number of rotatable bonds is 2. The molecule has 0 radical (unpaired) electrons. The van der Waals surface area contributed by atoms with Gasteiger partial charge in [-0.05, 0) is 12.8 Å². The molecule has 0 spiro atoms. The molecule has 0 bridgehead atoms. The molecule has 1 aliphatic heterocycles. The van der Waals surface area contributed by atoms with Crippen LogP contribution in [-0.4, -0.2) is 37.5 Å². The summed E-state index contributed by atoms with van der Waals surface area (Å²) in [6.45, 7) is 2.41. The van der Waals surface area contributed by atoms with Crippen molar-refractivity contribution < 1.29 is 9.32 Å². The molecule has 1 saturated heterocycles. The van der Waals surface area contributed by atoms with Crippen LogP contribution < -0.4 is 0 Å². The van der Waals surface area contributed by atoms with E-state index in [2.05, 4.69) is 20.1 Å². The minimum Gasteiger partial charge on any atom is -0.340 e. The zero-order valence-corrected chi connectivity index (χ0v) is 10.5. The highest BCUT2D eigenvalue weighted by Crippen LogP contribution is 2.30. The second kappa shape index (κ2) is 4.75. The van der Waals surface area contributed by atoms with Gasteiger partial charge in [0.1, 0.15) is 5.69 Å². The van der Waals surface area contributed by atoms with Gasteiger partial charge < -0.3 is 9.42 Å². The Bertz CT molecular complexity index is 583. The van der Waals surface area contributed by atoms with Gasteiger partial charge in [-0.2, -0.15) is 4.98 Å². The number of aryl methyl sites for hydroxylation is 1. The summed E-state index contributed by atoms with van der Waals surface area (Å²) in [5, 5.41) is 3.91. The summed E-state index contributed by atoms with van der Waals surface area (Å²) in [6, 6.07) is -0.132. The van der Waals surface area contributed by atoms with Crippen molar-refractivity contribution in [2.75, 3.05) is 6.54 Å². The molecular formula is C12H13N5O2. The van der Waals surface area contributed by atoms with Crippen LogP contribution in [0.3, 0.4) is 0 Å². The van der Waals surface area contributed by atoms with Gasteiger partial charge in [0.05, 0.1) is 12.2 Å². The Hall–Kier alpha value is -2.31. The SMILES string of the molecule is Cc1nc([C@H]2CCCN2C(=O)c2cnccn2)no1. The van der Waals surface area contributed by atoms with Crippen LogP contribution in [0.4, 0.5) is 0 Å². The third kappa shape index (κ3) is 2.18. The summed E-state index contributed by atoms with van der Waals surface area (Å²) in [5.41, 5.74) is 0.342. The van der Waals surface area contributed by atoms with Gasteiger partial charge in [-0.25, -0.2) is 4.98 Å². The van der Waals surface area contributed by atoms with E-state index in [1.807, 2.05) is 0 Å². The van der Waals surface area contributed by atoms with E-state index >= 15 is 0 Å². The van der Waals surface area contributed by atoms with E-state index in [1.54, 1.807) is 18.0 Å². The van der Waals surface area contributed by atoms with Crippen LogP contribution in [0.5, 0.6) is 0 Å². The standard InChI is InChI=1S/C12H13N5O2/c1-8-15-11(16-19-8)10-3-2-6-17(10)12(18)9-7-13-4-5-14-9/h4-5,7,10H,2-3,6H2,1H3/t10-/m1/s1. The third-order valence-corrected chi connectivity index (χ3v) is 3.14. The Balaban J connectivity index is 1.86. The highest BCUT2D eigenvalue weighted by atomic mass is 16.5. The molecule has 2 aromatic heterocycles. The van der Waals surface area contributed by atoms with Gasteiger partial charge in [-0.15, -0.1) is 0 Å². The lowest BCUT2D eigenvalue weighted by molar-refractivity contribution is 0.0722. The second-order valence-corrected chi connectivity index (χ2v) is 4.42. The average Bonchev–Trinajstić information content (AvgIpc) is 3.07. The van der Waals surface area contributed by atoms with Crippen molar-refractivity contribution in [3.63, 3.8) is 0 Å². The molecule has 3 rings (SSSR count). The molecule has 0 saturated carbocycles. The van der Waals surface area contributed by atoms with E-state index in [-0.39, 0.29) is 11.9 Å². The monoisotopic (exact) mass is 259 g/mol. The fourth-order valence-corrected chi connectivity index (χ4v) is 2.29. The molecule has 0 aromatic carbocycles. The van der Waals surface area contributed by atoms with Gasteiger partial charge in [0.25, 0.3) is 5.91 Å². The molecule has 1 amide bonds. The summed E-state index contributed by atoms with van der Waals surface area (Å²) in [4.78, 5) is 26.3. The van der Waals surface area contributed by atoms with Gasteiger partial charge in [-0.1, -0.05) is 5.16 Å². The van der Waals surface area contributed by atoms with E-state index in [0.717, 1.165) is 12.8 Å². The van der Waals surface area contributed by atoms with E-state index in [4.69, 9.17) is 4.52 Å². The quantitative estimate of drug-likeness (QED) is 0.804. The lowest BCUT2D eigenvalue weighted by Crippen LogP contribution is -2.31. The van der Waals surface area contributed by atoms with Crippen molar-refractivity contribution in [3.8, 4) is 0 Å². The highest BCUT2D eigenvalue weighted by Gasteiger charge is 2.34. The van der Waals surface area contributed by atoms with Crippen molar-refractivity contribution in [1.29, 1.82) is 0 Å². The maximum atomic E-state index is 12.4. The number of amides is 1. The van der Waals surface area contributed by atoms with Crippen molar-refractivity contribution in [3.05, 3.63) is 36.0 Å². The summed E-state index contributed by atoms with van der Waals surface area (Å²) in [7, 11) is 0. The van der Waals surface area contributed by atoms with Crippen molar-refractivity contribution in [2.24, 2.45) is 0 Å². The fourth-order valence-electron chi connectivity index (χ4n) is 2.29. The van der Waals surface area contributed by atoms with Crippen LogP contribution in [0.15, 0.2) is 23.1 Å². The molecule has 0 aliphatic carbocycles. The first kappa shape index (κ1) is 11.8. The van der Waals surface area contributed by atoms with Gasteiger partial charge in [0.2, 0.25) is 5.89 Å². The summed E-state index contributed by atoms with van der Waals surface area (Å²) < 4.78 is 4.98. The minimum absolute atomic E-state index is 0.132. The molecule has 0 N–H and O–H groups in total. The van der Waals surface area contributed by atoms with Gasteiger partial charge in [0.15, 0.2) is 5.82 Å². The lowest BCUT2D eigenvalue weighted by atomic mass is 10.2. The maximum absolute atomic E-state index is 12.4. The van der Waals surface area contributed by atoms with Crippen LogP contribution in [0.1, 0.15) is 41.1 Å². The fraction of sp³-hybridized carbons (Fsp3) is 0.417. The molecule has 1 atom stereocenters. The lowest BCUT2D eigenvalue weighted by Gasteiger charge is -2.21. The molecule has 1 aliphatic rings. The first-order valence-electron chi connectivity index (χ1n) is 6.13. The molecule has 2 aromatic rings. The topological polar surface area (TPSA) is 85.0 Å². The number of nitrogens with zero attached hydrogens (tertiary/aromatic N) is 5. The molecule has 98 valence electrons. The molecule has 7 heteroatoms. The van der Waals surface area contributed by atoms with Crippen LogP contribution in [0.25, 0.3) is 0 Å². The molecule has 7 nitrogen and oxygen atoms in total. The first-order valence-corrected chi connectivity index (χ1v) is 6.13. The van der Waals surface area contributed by atoms with Crippen LogP contribution in [0.2, 0.25) is 0 Å². The van der Waals surface area contributed by atoms with E-state index in [9.17, 15) is 4.79 Å². The normalized spacial score (nSPS) is 18.8. The number of aromatic nitrogens is 4. The molecule has 1 fully saturated rings. The van der Waals surface area contributed by atoms with Crippen molar-refractivity contribution in [1.82, 2.24) is 25.0 Å². The second-order valence-electron chi connectivity index (χ2n) is 4.42. The largest absolute Gasteiger partial charge is 0.340 e. The van der Waals surface area contributed by atoms with E-state index in [1.165, 1.54) is 12.4 Å². The molecular weight excluding hydrogens is 246 g/mol. The zero-order chi connectivity index (χ0) is 13.2. The van der Waals surface area contributed by atoms with E-state index < -0.39 is 0 Å². The highest BCUT2D eigenvalue weighted by molar-refractivity contribution is 5.92. The summed E-state index contributed by atoms with van der Waals surface area (Å²) >= 11 is 0. The number of carbonyl (C=O) groups excluding carboxylic acids is 1. The van der Waals surface area contributed by atoms with Gasteiger partial charge >= 0.3 is 0 Å². The van der Waals surface area contributed by atoms with Gasteiger partial charge in [0, 0.05) is 25.9 Å². The number of likely N-dealkylation sites (tertiary alicyclic amines) is 1. The first-order chi connectivity index (χ1) is 9.25. The average molecular weight is 259 g/mol. The number of hydrogen-bond donors (Lipinski definition) is 0. The summed E-state index contributed by atoms with van der Waals surface area (Å²) in [5.74, 6) is 0.930. The Morgan fingerprint density at radius 1 is 1.47 bits per heavy atom. The van der Waals surface area contributed by atoms with Crippen molar-refractivity contribution >= 4 is 5.91 Å². The smallest absolute Gasteiger partial charge is 0.274 e. The predicted octanol–water partition coefficient (Wildman–Crippen LogP) is 1.15. The Kier molecular flexibility index (Phi) is 2.94. The Labute approximate surface area is 109 Å². The number of carbonyl (C=O) groups is 1. The van der Waals surface area contributed by atoms with Crippen LogP contribution >= 0.6 is 0 Å². The molecule has 19 heavy (non-hydrogen) atoms. The molecule has 3 heterocycles. The minimum atomic E-state index is -0.141. The van der Waals surface area contributed by atoms with Gasteiger partial charge in [-0.3, -0.25) is 9.78 Å². The molecule has 0 unspecified atom stereocenters. The maximum Gasteiger partial charge on any atom is 0.274 e. The number of hydrogen-bond acceptors (Lipinski definition) is 6. The Morgan fingerprint density at radius 2 is 2.37 bits per heavy atom.